The first-order valence-electron chi connectivity index (χ1n) is 6.36. The first kappa shape index (κ1) is 13.5. The summed E-state index contributed by atoms with van der Waals surface area (Å²) in [6, 6.07) is 5.75. The van der Waals surface area contributed by atoms with Crippen LogP contribution in [-0.4, -0.2) is 32.9 Å². The van der Waals surface area contributed by atoms with Crippen molar-refractivity contribution in [3.05, 3.63) is 23.8 Å². The van der Waals surface area contributed by atoms with Gasteiger partial charge in [-0.25, -0.2) is 4.68 Å². The molecule has 0 fully saturated rings. The van der Waals surface area contributed by atoms with Gasteiger partial charge in [-0.15, -0.1) is 5.10 Å². The van der Waals surface area contributed by atoms with E-state index in [1.165, 1.54) is 0 Å². The Morgan fingerprint density at radius 3 is 2.95 bits per heavy atom. The third-order valence-electron chi connectivity index (χ3n) is 3.03. The lowest BCUT2D eigenvalue weighted by Crippen LogP contribution is -2.18. The zero-order valence-electron chi connectivity index (χ0n) is 11.5. The van der Waals surface area contributed by atoms with Crippen molar-refractivity contribution in [1.82, 2.24) is 20.2 Å². The average molecular weight is 261 g/mol. The topological polar surface area (TPSA) is 78.8 Å². The Balaban J connectivity index is 2.31. The highest BCUT2D eigenvalue weighted by molar-refractivity contribution is 5.67. The van der Waals surface area contributed by atoms with Crippen molar-refractivity contribution in [1.29, 1.82) is 0 Å². The van der Waals surface area contributed by atoms with Crippen molar-refractivity contribution in [3.8, 4) is 11.4 Å². The van der Waals surface area contributed by atoms with Gasteiger partial charge in [0.05, 0.1) is 12.6 Å². The monoisotopic (exact) mass is 261 g/mol. The Hall–Kier alpha value is -1.95. The van der Waals surface area contributed by atoms with Gasteiger partial charge in [-0.05, 0) is 42.8 Å². The van der Waals surface area contributed by atoms with Gasteiger partial charge >= 0.3 is 0 Å². The van der Waals surface area contributed by atoms with Crippen LogP contribution in [0.1, 0.15) is 19.4 Å². The third kappa shape index (κ3) is 2.90. The van der Waals surface area contributed by atoms with E-state index in [1.54, 1.807) is 4.68 Å². The normalized spacial score (nSPS) is 12.6. The highest BCUT2D eigenvalue weighted by atomic mass is 16.5. The van der Waals surface area contributed by atoms with Gasteiger partial charge in [0, 0.05) is 17.9 Å². The van der Waals surface area contributed by atoms with E-state index in [0.29, 0.717) is 13.2 Å². The fraction of sp³-hybridized carbons (Fsp3) is 0.462. The second-order valence-corrected chi connectivity index (χ2v) is 4.47. The van der Waals surface area contributed by atoms with Crippen LogP contribution < -0.4 is 5.73 Å². The van der Waals surface area contributed by atoms with Crippen molar-refractivity contribution in [3.63, 3.8) is 0 Å². The number of ether oxygens (including phenoxy) is 1. The molecule has 1 atom stereocenters. The summed E-state index contributed by atoms with van der Waals surface area (Å²) in [5.74, 6) is 0.719. The smallest absolute Gasteiger partial charge is 0.182 e. The molecule has 0 aliphatic rings. The highest BCUT2D eigenvalue weighted by Gasteiger charge is 2.14. The molecule has 1 heterocycles. The molecular weight excluding hydrogens is 242 g/mol. The quantitative estimate of drug-likeness (QED) is 0.828. The summed E-state index contributed by atoms with van der Waals surface area (Å²) in [4.78, 5) is 0. The van der Waals surface area contributed by atoms with Gasteiger partial charge in [0.15, 0.2) is 5.82 Å². The van der Waals surface area contributed by atoms with E-state index in [4.69, 9.17) is 10.5 Å². The number of nitrogens with zero attached hydrogens (tertiary/aromatic N) is 4. The molecule has 0 amide bonds. The Bertz CT molecular complexity index is 552. The van der Waals surface area contributed by atoms with Crippen molar-refractivity contribution in [2.75, 3.05) is 12.3 Å². The summed E-state index contributed by atoms with van der Waals surface area (Å²) in [6.45, 7) is 7.23. The Morgan fingerprint density at radius 2 is 2.21 bits per heavy atom. The zero-order chi connectivity index (χ0) is 13.8. The van der Waals surface area contributed by atoms with Gasteiger partial charge < -0.3 is 10.5 Å². The van der Waals surface area contributed by atoms with E-state index in [0.717, 1.165) is 22.6 Å². The van der Waals surface area contributed by atoms with Crippen LogP contribution >= 0.6 is 0 Å². The number of nitrogens with two attached hydrogens (primary N) is 1. The Labute approximate surface area is 112 Å². The average Bonchev–Trinajstić information content (AvgIpc) is 2.81. The van der Waals surface area contributed by atoms with Crippen LogP contribution in [0, 0.1) is 6.92 Å². The van der Waals surface area contributed by atoms with Crippen LogP contribution in [0.4, 0.5) is 5.69 Å². The Kier molecular flexibility index (Phi) is 4.11. The summed E-state index contributed by atoms with van der Waals surface area (Å²) in [6.07, 6.45) is 0.0635. The number of hydrogen-bond donors (Lipinski definition) is 1. The molecule has 6 heteroatoms. The molecular formula is C13H19N5O. The third-order valence-corrected chi connectivity index (χ3v) is 3.03. The summed E-state index contributed by atoms with van der Waals surface area (Å²) >= 11 is 0. The van der Waals surface area contributed by atoms with Gasteiger partial charge in [0.2, 0.25) is 0 Å². The maximum Gasteiger partial charge on any atom is 0.182 e. The maximum absolute atomic E-state index is 5.92. The molecule has 0 bridgehead atoms. The molecule has 0 aliphatic carbocycles. The number of aromatic nitrogens is 4. The highest BCUT2D eigenvalue weighted by Crippen LogP contribution is 2.24. The minimum Gasteiger partial charge on any atom is -0.398 e. The predicted molar refractivity (Wildman–Crippen MR) is 73.5 cm³/mol. The fourth-order valence-electron chi connectivity index (χ4n) is 2.00. The lowest BCUT2D eigenvalue weighted by atomic mass is 10.1. The Morgan fingerprint density at radius 1 is 1.42 bits per heavy atom. The number of rotatable bonds is 5. The van der Waals surface area contributed by atoms with Gasteiger partial charge in [-0.1, -0.05) is 12.1 Å². The van der Waals surface area contributed by atoms with Gasteiger partial charge in [-0.3, -0.25) is 0 Å². The number of hydrogen-bond acceptors (Lipinski definition) is 5. The minimum atomic E-state index is 0.0635. The van der Waals surface area contributed by atoms with Crippen molar-refractivity contribution in [2.24, 2.45) is 0 Å². The second-order valence-electron chi connectivity index (χ2n) is 4.47. The van der Waals surface area contributed by atoms with Gasteiger partial charge in [-0.2, -0.15) is 0 Å². The molecule has 6 nitrogen and oxygen atoms in total. The minimum absolute atomic E-state index is 0.0635. The van der Waals surface area contributed by atoms with Crippen LogP contribution in [0.3, 0.4) is 0 Å². The zero-order valence-corrected chi connectivity index (χ0v) is 11.5. The van der Waals surface area contributed by atoms with Crippen LogP contribution in [0.5, 0.6) is 0 Å². The first-order chi connectivity index (χ1) is 9.13. The number of nitrogen functional groups attached to an aromatic ring is 1. The summed E-state index contributed by atoms with van der Waals surface area (Å²) in [5.41, 5.74) is 8.60. The number of benzene rings is 1. The van der Waals surface area contributed by atoms with E-state index in [9.17, 15) is 0 Å². The van der Waals surface area contributed by atoms with Crippen LogP contribution in [0.15, 0.2) is 18.2 Å². The summed E-state index contributed by atoms with van der Waals surface area (Å²) in [5, 5.41) is 11.9. The standard InChI is InChI=1S/C13H19N5O/c1-4-19-9(2)8-18-13(15-16-17-18)11-6-5-7-12(14)10(11)3/h5-7,9H,4,8,14H2,1-3H3. The fourth-order valence-corrected chi connectivity index (χ4v) is 2.00. The molecule has 102 valence electrons. The molecule has 0 saturated heterocycles. The molecule has 2 aromatic rings. The van der Waals surface area contributed by atoms with Gasteiger partial charge in [0.25, 0.3) is 0 Å². The van der Waals surface area contributed by atoms with Crippen LogP contribution in [0.25, 0.3) is 11.4 Å². The van der Waals surface area contributed by atoms with Crippen LogP contribution in [-0.2, 0) is 11.3 Å². The molecule has 0 spiro atoms. The van der Waals surface area contributed by atoms with E-state index in [2.05, 4.69) is 15.5 Å². The second kappa shape index (κ2) is 5.79. The molecule has 1 aromatic carbocycles. The molecule has 2 N–H and O–H groups in total. The maximum atomic E-state index is 5.92. The van der Waals surface area contributed by atoms with Crippen LogP contribution in [0.2, 0.25) is 0 Å². The van der Waals surface area contributed by atoms with E-state index in [-0.39, 0.29) is 6.10 Å². The SMILES string of the molecule is CCOC(C)Cn1nnnc1-c1cccc(N)c1C. The number of anilines is 1. The molecule has 0 aliphatic heterocycles. The van der Waals surface area contributed by atoms with Crippen molar-refractivity contribution in [2.45, 2.75) is 33.4 Å². The van der Waals surface area contributed by atoms with E-state index < -0.39 is 0 Å². The van der Waals surface area contributed by atoms with E-state index in [1.807, 2.05) is 39.0 Å². The lowest BCUT2D eigenvalue weighted by molar-refractivity contribution is 0.0614. The summed E-state index contributed by atoms with van der Waals surface area (Å²) in [7, 11) is 0. The number of tetrazole rings is 1. The van der Waals surface area contributed by atoms with Gasteiger partial charge in [0.1, 0.15) is 0 Å². The molecule has 19 heavy (non-hydrogen) atoms. The molecule has 2 rings (SSSR count). The first-order valence-corrected chi connectivity index (χ1v) is 6.36. The largest absolute Gasteiger partial charge is 0.398 e. The predicted octanol–water partition coefficient (Wildman–Crippen LogP) is 1.66. The lowest BCUT2D eigenvalue weighted by Gasteiger charge is -2.13. The summed E-state index contributed by atoms with van der Waals surface area (Å²) < 4.78 is 7.27. The van der Waals surface area contributed by atoms with Crippen molar-refractivity contribution >= 4 is 5.69 Å². The molecule has 0 saturated carbocycles. The molecule has 1 unspecified atom stereocenters. The van der Waals surface area contributed by atoms with Crippen molar-refractivity contribution < 1.29 is 4.74 Å². The molecule has 0 radical (unpaired) electrons. The molecule has 1 aromatic heterocycles. The van der Waals surface area contributed by atoms with E-state index >= 15 is 0 Å².